The van der Waals surface area contributed by atoms with Crippen molar-refractivity contribution >= 4 is 0 Å². The normalized spacial score (nSPS) is 11.5. The van der Waals surface area contributed by atoms with Gasteiger partial charge in [0.2, 0.25) is 0 Å². The molecule has 0 saturated heterocycles. The summed E-state index contributed by atoms with van der Waals surface area (Å²) in [5.41, 5.74) is 2.81. The molecule has 0 heterocycles. The molecule has 0 aliphatic heterocycles. The first-order valence-corrected chi connectivity index (χ1v) is 7.59. The minimum absolute atomic E-state index is 0.711. The average Bonchev–Trinajstić information content (AvgIpc) is 2.36. The number of hydrogen-bond acceptors (Lipinski definition) is 2. The molecule has 0 aromatic heterocycles. The second kappa shape index (κ2) is 9.11. The van der Waals surface area contributed by atoms with Crippen molar-refractivity contribution in [1.29, 1.82) is 0 Å². The molecule has 1 aromatic carbocycles. The summed E-state index contributed by atoms with van der Waals surface area (Å²) < 4.78 is 0. The Bertz CT molecular complexity index is 347. The zero-order chi connectivity index (χ0) is 14.1. The molecule has 2 nitrogen and oxygen atoms in total. The molecule has 0 fully saturated rings. The lowest BCUT2D eigenvalue weighted by molar-refractivity contribution is 0.320. The van der Waals surface area contributed by atoms with Crippen LogP contribution in [0, 0.1) is 5.92 Å². The van der Waals surface area contributed by atoms with E-state index in [4.69, 9.17) is 0 Å². The molecule has 1 N–H and O–H groups in total. The Balaban J connectivity index is 2.42. The van der Waals surface area contributed by atoms with Crippen molar-refractivity contribution in [3.05, 3.63) is 35.4 Å². The Morgan fingerprint density at radius 3 is 2.63 bits per heavy atom. The van der Waals surface area contributed by atoms with Crippen LogP contribution in [-0.4, -0.2) is 25.0 Å². The smallest absolute Gasteiger partial charge is 0.0230 e. The maximum atomic E-state index is 3.50. The van der Waals surface area contributed by atoms with Crippen molar-refractivity contribution in [1.82, 2.24) is 10.2 Å². The third-order valence-electron chi connectivity index (χ3n) is 3.22. The molecule has 1 rings (SSSR count). The first-order valence-electron chi connectivity index (χ1n) is 7.59. The van der Waals surface area contributed by atoms with Crippen molar-refractivity contribution in [3.63, 3.8) is 0 Å². The van der Waals surface area contributed by atoms with Crippen LogP contribution < -0.4 is 5.32 Å². The molecule has 0 aliphatic rings. The Labute approximate surface area is 119 Å². The van der Waals surface area contributed by atoms with E-state index in [0.717, 1.165) is 19.6 Å². The van der Waals surface area contributed by atoms with Gasteiger partial charge < -0.3 is 10.2 Å². The first-order chi connectivity index (χ1) is 9.11. The van der Waals surface area contributed by atoms with Gasteiger partial charge in [-0.2, -0.15) is 0 Å². The topological polar surface area (TPSA) is 15.3 Å². The molecule has 0 bridgehead atoms. The monoisotopic (exact) mass is 262 g/mol. The SMILES string of the molecule is CCCCN(C)Cc1cccc(CNCC(C)C)c1. The average molecular weight is 262 g/mol. The zero-order valence-corrected chi connectivity index (χ0v) is 13.1. The fourth-order valence-electron chi connectivity index (χ4n) is 2.16. The van der Waals surface area contributed by atoms with Crippen LogP contribution in [0.2, 0.25) is 0 Å². The van der Waals surface area contributed by atoms with E-state index in [1.165, 1.54) is 30.5 Å². The minimum Gasteiger partial charge on any atom is -0.312 e. The lowest BCUT2D eigenvalue weighted by atomic mass is 10.1. The zero-order valence-electron chi connectivity index (χ0n) is 13.1. The highest BCUT2D eigenvalue weighted by Gasteiger charge is 2.01. The highest BCUT2D eigenvalue weighted by atomic mass is 15.1. The van der Waals surface area contributed by atoms with E-state index in [-0.39, 0.29) is 0 Å². The summed E-state index contributed by atoms with van der Waals surface area (Å²) in [4.78, 5) is 2.41. The van der Waals surface area contributed by atoms with E-state index in [1.54, 1.807) is 0 Å². The maximum Gasteiger partial charge on any atom is 0.0230 e. The Morgan fingerprint density at radius 1 is 1.21 bits per heavy atom. The van der Waals surface area contributed by atoms with E-state index in [1.807, 2.05) is 0 Å². The molecule has 0 saturated carbocycles. The van der Waals surface area contributed by atoms with Gasteiger partial charge in [-0.3, -0.25) is 0 Å². The molecule has 0 radical (unpaired) electrons. The van der Waals surface area contributed by atoms with Gasteiger partial charge in [0.05, 0.1) is 0 Å². The quantitative estimate of drug-likeness (QED) is 0.730. The summed E-state index contributed by atoms with van der Waals surface area (Å²) in [6.07, 6.45) is 2.55. The molecular formula is C17H30N2. The van der Waals surface area contributed by atoms with Crippen LogP contribution in [0.5, 0.6) is 0 Å². The van der Waals surface area contributed by atoms with Crippen molar-refractivity contribution < 1.29 is 0 Å². The summed E-state index contributed by atoms with van der Waals surface area (Å²) in [6, 6.07) is 8.95. The van der Waals surface area contributed by atoms with Gasteiger partial charge >= 0.3 is 0 Å². The second-order valence-electron chi connectivity index (χ2n) is 5.94. The number of unbranched alkanes of at least 4 members (excludes halogenated alkanes) is 1. The van der Waals surface area contributed by atoms with E-state index < -0.39 is 0 Å². The summed E-state index contributed by atoms with van der Waals surface area (Å²) in [6.45, 7) is 11.0. The maximum absolute atomic E-state index is 3.50. The van der Waals surface area contributed by atoms with Crippen LogP contribution in [0.3, 0.4) is 0 Å². The summed E-state index contributed by atoms with van der Waals surface area (Å²) >= 11 is 0. The van der Waals surface area contributed by atoms with Crippen molar-refractivity contribution in [2.24, 2.45) is 5.92 Å². The van der Waals surface area contributed by atoms with Gasteiger partial charge in [0.1, 0.15) is 0 Å². The third kappa shape index (κ3) is 7.34. The fraction of sp³-hybridized carbons (Fsp3) is 0.647. The predicted octanol–water partition coefficient (Wildman–Crippen LogP) is 3.66. The minimum atomic E-state index is 0.711. The van der Waals surface area contributed by atoms with E-state index >= 15 is 0 Å². The van der Waals surface area contributed by atoms with Gasteiger partial charge in [0.25, 0.3) is 0 Å². The lowest BCUT2D eigenvalue weighted by Gasteiger charge is -2.17. The second-order valence-corrected chi connectivity index (χ2v) is 5.94. The molecular weight excluding hydrogens is 232 g/mol. The molecule has 0 unspecified atom stereocenters. The highest BCUT2D eigenvalue weighted by molar-refractivity contribution is 5.23. The fourth-order valence-corrected chi connectivity index (χ4v) is 2.16. The van der Waals surface area contributed by atoms with Gasteiger partial charge in [-0.15, -0.1) is 0 Å². The number of rotatable bonds is 9. The number of nitrogens with zero attached hydrogens (tertiary/aromatic N) is 1. The van der Waals surface area contributed by atoms with Gasteiger partial charge in [0, 0.05) is 13.1 Å². The van der Waals surface area contributed by atoms with Crippen LogP contribution in [0.25, 0.3) is 0 Å². The van der Waals surface area contributed by atoms with Gasteiger partial charge in [-0.1, -0.05) is 51.5 Å². The number of hydrogen-bond donors (Lipinski definition) is 1. The molecule has 0 atom stereocenters. The number of nitrogens with one attached hydrogen (secondary N) is 1. The van der Waals surface area contributed by atoms with E-state index in [0.29, 0.717) is 5.92 Å². The van der Waals surface area contributed by atoms with Crippen molar-refractivity contribution in [2.75, 3.05) is 20.1 Å². The Hall–Kier alpha value is -0.860. The summed E-state index contributed by atoms with van der Waals surface area (Å²) in [5, 5.41) is 3.50. The predicted molar refractivity (Wildman–Crippen MR) is 84.2 cm³/mol. The van der Waals surface area contributed by atoms with Crippen LogP contribution in [0.15, 0.2) is 24.3 Å². The molecule has 2 heteroatoms. The van der Waals surface area contributed by atoms with E-state index in [2.05, 4.69) is 62.3 Å². The van der Waals surface area contributed by atoms with Crippen molar-refractivity contribution in [2.45, 2.75) is 46.7 Å². The largest absolute Gasteiger partial charge is 0.312 e. The van der Waals surface area contributed by atoms with Crippen molar-refractivity contribution in [3.8, 4) is 0 Å². The van der Waals surface area contributed by atoms with E-state index in [9.17, 15) is 0 Å². The van der Waals surface area contributed by atoms with Crippen LogP contribution in [-0.2, 0) is 13.1 Å². The highest BCUT2D eigenvalue weighted by Crippen LogP contribution is 2.08. The van der Waals surface area contributed by atoms with Crippen LogP contribution >= 0.6 is 0 Å². The summed E-state index contributed by atoms with van der Waals surface area (Å²) in [7, 11) is 2.21. The van der Waals surface area contributed by atoms with Crippen LogP contribution in [0.1, 0.15) is 44.7 Å². The molecule has 19 heavy (non-hydrogen) atoms. The number of benzene rings is 1. The first kappa shape index (κ1) is 16.2. The third-order valence-corrected chi connectivity index (χ3v) is 3.22. The molecule has 1 aromatic rings. The van der Waals surface area contributed by atoms with Gasteiger partial charge in [-0.25, -0.2) is 0 Å². The summed E-state index contributed by atoms with van der Waals surface area (Å²) in [5.74, 6) is 0.711. The Kier molecular flexibility index (Phi) is 7.76. The molecule has 0 aliphatic carbocycles. The van der Waals surface area contributed by atoms with Crippen LogP contribution in [0.4, 0.5) is 0 Å². The molecule has 0 amide bonds. The van der Waals surface area contributed by atoms with Gasteiger partial charge in [-0.05, 0) is 43.6 Å². The molecule has 108 valence electrons. The standard InChI is InChI=1S/C17H30N2/c1-5-6-10-19(4)14-17-9-7-8-16(11-17)13-18-12-15(2)3/h7-9,11,15,18H,5-6,10,12-14H2,1-4H3. The Morgan fingerprint density at radius 2 is 1.95 bits per heavy atom. The molecule has 0 spiro atoms. The lowest BCUT2D eigenvalue weighted by Crippen LogP contribution is -2.20. The van der Waals surface area contributed by atoms with Gasteiger partial charge in [0.15, 0.2) is 0 Å².